The molecular weight excluding hydrogens is 250 g/mol. The highest BCUT2D eigenvalue weighted by Crippen LogP contribution is 2.00. The molecule has 1 nitrogen and oxygen atoms in total. The summed E-state index contributed by atoms with van der Waals surface area (Å²) in [5, 5.41) is 8.57. The number of hydrogen-bond donors (Lipinski definition) is 0. The monoisotopic (exact) mass is 253 g/mol. The molecule has 1 aromatic rings. The van der Waals surface area contributed by atoms with E-state index in [4.69, 9.17) is 5.26 Å². The molecular formula is C13H4BrN. The third-order valence-corrected chi connectivity index (χ3v) is 1.65. The van der Waals surface area contributed by atoms with Crippen LogP contribution in [0.1, 0.15) is 11.1 Å². The Bertz CT molecular complexity index is 557. The van der Waals surface area contributed by atoms with Gasteiger partial charge in [-0.05, 0) is 52.8 Å². The van der Waals surface area contributed by atoms with Gasteiger partial charge in [-0.2, -0.15) is 5.26 Å². The van der Waals surface area contributed by atoms with Crippen molar-refractivity contribution in [3.63, 3.8) is 0 Å². The van der Waals surface area contributed by atoms with Crippen molar-refractivity contribution < 1.29 is 0 Å². The lowest BCUT2D eigenvalue weighted by Crippen LogP contribution is -1.75. The summed E-state index contributed by atoms with van der Waals surface area (Å²) in [5.41, 5.74) is 1.45. The van der Waals surface area contributed by atoms with Crippen molar-refractivity contribution in [3.8, 4) is 40.5 Å². The molecule has 0 bridgehead atoms. The highest BCUT2D eigenvalue weighted by molar-refractivity contribution is 9.12. The smallest absolute Gasteiger partial charge is 0.0991 e. The van der Waals surface area contributed by atoms with Crippen LogP contribution in [0.4, 0.5) is 0 Å². The molecule has 0 amide bonds. The van der Waals surface area contributed by atoms with Gasteiger partial charge in [0.2, 0.25) is 0 Å². The minimum absolute atomic E-state index is 0.622. The van der Waals surface area contributed by atoms with Crippen LogP contribution < -0.4 is 0 Å². The fraction of sp³-hybridized carbons (Fsp3) is 0. The highest BCUT2D eigenvalue weighted by Gasteiger charge is 1.88. The van der Waals surface area contributed by atoms with Crippen molar-refractivity contribution >= 4 is 15.9 Å². The van der Waals surface area contributed by atoms with E-state index < -0.39 is 0 Å². The van der Waals surface area contributed by atoms with Crippen LogP contribution in [0.2, 0.25) is 0 Å². The van der Waals surface area contributed by atoms with Crippen molar-refractivity contribution in [2.45, 2.75) is 0 Å². The van der Waals surface area contributed by atoms with Crippen LogP contribution in [-0.2, 0) is 0 Å². The second-order valence-corrected chi connectivity index (χ2v) is 2.81. The first-order valence-corrected chi connectivity index (χ1v) is 4.78. The maximum absolute atomic E-state index is 8.57. The van der Waals surface area contributed by atoms with Gasteiger partial charge in [0, 0.05) is 21.5 Å². The van der Waals surface area contributed by atoms with Gasteiger partial charge in [-0.25, -0.2) is 0 Å². The van der Waals surface area contributed by atoms with Crippen LogP contribution in [0.5, 0.6) is 0 Å². The summed E-state index contributed by atoms with van der Waals surface area (Å²) in [6, 6.07) is 9.04. The molecule has 0 saturated heterocycles. The van der Waals surface area contributed by atoms with E-state index in [9.17, 15) is 0 Å². The minimum atomic E-state index is 0.622. The first-order chi connectivity index (χ1) is 7.36. The van der Waals surface area contributed by atoms with E-state index in [1.807, 2.05) is 6.07 Å². The molecule has 0 aliphatic heterocycles. The average Bonchev–Trinajstić information content (AvgIpc) is 2.30. The molecule has 0 unspecified atom stereocenters. The Balaban J connectivity index is 2.78. The Morgan fingerprint density at radius 1 is 0.867 bits per heavy atom. The lowest BCUT2D eigenvalue weighted by molar-refractivity contribution is 1.48. The highest BCUT2D eigenvalue weighted by atomic mass is 79.9. The third kappa shape index (κ3) is 4.06. The Morgan fingerprint density at radius 2 is 1.47 bits per heavy atom. The second-order valence-electron chi connectivity index (χ2n) is 2.41. The maximum Gasteiger partial charge on any atom is 0.0991 e. The summed E-state index contributed by atoms with van der Waals surface area (Å²) >= 11 is 2.92. The van der Waals surface area contributed by atoms with Gasteiger partial charge in [-0.15, -0.1) is 0 Å². The molecule has 0 aliphatic carbocycles. The van der Waals surface area contributed by atoms with Gasteiger partial charge in [0.05, 0.1) is 11.6 Å². The fourth-order valence-corrected chi connectivity index (χ4v) is 0.917. The van der Waals surface area contributed by atoms with Crippen LogP contribution >= 0.6 is 15.9 Å². The number of benzene rings is 1. The summed E-state index contributed by atoms with van der Waals surface area (Å²) in [5.74, 6) is 13.1. The second kappa shape index (κ2) is 6.34. The number of hydrogen-bond acceptors (Lipinski definition) is 1. The lowest BCUT2D eigenvalue weighted by atomic mass is 10.1. The molecule has 0 saturated carbocycles. The van der Waals surface area contributed by atoms with E-state index in [0.717, 1.165) is 5.56 Å². The van der Waals surface area contributed by atoms with Crippen molar-refractivity contribution in [3.05, 3.63) is 35.4 Å². The van der Waals surface area contributed by atoms with Gasteiger partial charge in [0.25, 0.3) is 0 Å². The van der Waals surface area contributed by atoms with Crippen LogP contribution in [0.25, 0.3) is 0 Å². The van der Waals surface area contributed by atoms with Gasteiger partial charge in [-0.3, -0.25) is 0 Å². The molecule has 1 rings (SSSR count). The van der Waals surface area contributed by atoms with Crippen LogP contribution in [0.3, 0.4) is 0 Å². The molecule has 0 N–H and O–H groups in total. The molecule has 0 aliphatic rings. The van der Waals surface area contributed by atoms with Crippen molar-refractivity contribution in [1.82, 2.24) is 0 Å². The largest absolute Gasteiger partial charge is 0.192 e. The quantitative estimate of drug-likeness (QED) is 0.651. The number of nitrogens with zero attached hydrogens (tertiary/aromatic N) is 1. The van der Waals surface area contributed by atoms with E-state index in [-0.39, 0.29) is 0 Å². The topological polar surface area (TPSA) is 23.8 Å². The summed E-state index contributed by atoms with van der Waals surface area (Å²) in [4.78, 5) is 2.47. The summed E-state index contributed by atoms with van der Waals surface area (Å²) < 4.78 is 0. The SMILES string of the molecule is N#Cc1ccc(C#CC#CC#CBr)cc1. The van der Waals surface area contributed by atoms with E-state index in [0.29, 0.717) is 5.56 Å². The molecule has 15 heavy (non-hydrogen) atoms. The number of nitriles is 1. The van der Waals surface area contributed by atoms with Gasteiger partial charge in [-0.1, -0.05) is 5.92 Å². The minimum Gasteiger partial charge on any atom is -0.192 e. The molecule has 0 fully saturated rings. The molecule has 68 valence electrons. The van der Waals surface area contributed by atoms with Gasteiger partial charge in [0.15, 0.2) is 0 Å². The number of rotatable bonds is 0. The maximum atomic E-state index is 8.57. The summed E-state index contributed by atoms with van der Waals surface area (Å²) in [7, 11) is 0. The lowest BCUT2D eigenvalue weighted by Gasteiger charge is -1.88. The predicted octanol–water partition coefficient (Wildman–Crippen LogP) is 2.27. The van der Waals surface area contributed by atoms with Gasteiger partial charge in [0.1, 0.15) is 0 Å². The zero-order valence-corrected chi connectivity index (χ0v) is 9.22. The van der Waals surface area contributed by atoms with Crippen molar-refractivity contribution in [2.75, 3.05) is 0 Å². The number of halogens is 1. The molecule has 0 heterocycles. The third-order valence-electron chi connectivity index (χ3n) is 1.46. The first-order valence-electron chi connectivity index (χ1n) is 3.98. The normalized spacial score (nSPS) is 6.67. The van der Waals surface area contributed by atoms with E-state index in [1.165, 1.54) is 0 Å². The van der Waals surface area contributed by atoms with Crippen molar-refractivity contribution in [1.29, 1.82) is 5.26 Å². The zero-order valence-electron chi connectivity index (χ0n) is 7.63. The Kier molecular flexibility index (Phi) is 4.63. The standard InChI is InChI=1S/C13H4BrN/c14-10-4-2-1-3-5-12-6-8-13(11-15)9-7-12/h6-9H. The van der Waals surface area contributed by atoms with Gasteiger partial charge < -0.3 is 0 Å². The van der Waals surface area contributed by atoms with Crippen molar-refractivity contribution in [2.24, 2.45) is 0 Å². The molecule has 0 aromatic heterocycles. The van der Waals surface area contributed by atoms with Crippen LogP contribution in [0, 0.1) is 45.8 Å². The summed E-state index contributed by atoms with van der Waals surface area (Å²) in [6.45, 7) is 0. The summed E-state index contributed by atoms with van der Waals surface area (Å²) in [6.07, 6.45) is 0. The average molecular weight is 254 g/mol. The predicted molar refractivity (Wildman–Crippen MR) is 62.5 cm³/mol. The Labute approximate surface area is 97.2 Å². The van der Waals surface area contributed by atoms with E-state index in [1.54, 1.807) is 24.3 Å². The fourth-order valence-electron chi connectivity index (χ4n) is 0.818. The van der Waals surface area contributed by atoms with Gasteiger partial charge >= 0.3 is 0 Å². The van der Waals surface area contributed by atoms with E-state index in [2.05, 4.69) is 50.4 Å². The first kappa shape index (κ1) is 10.9. The Morgan fingerprint density at radius 3 is 2.07 bits per heavy atom. The molecule has 0 atom stereocenters. The molecule has 0 radical (unpaired) electrons. The zero-order chi connectivity index (χ0) is 10.9. The Hall–Kier alpha value is -2.13. The molecule has 1 aromatic carbocycles. The molecule has 2 heteroatoms. The van der Waals surface area contributed by atoms with Crippen LogP contribution in [0.15, 0.2) is 24.3 Å². The van der Waals surface area contributed by atoms with Crippen LogP contribution in [-0.4, -0.2) is 0 Å². The van der Waals surface area contributed by atoms with E-state index >= 15 is 0 Å². The molecule has 0 spiro atoms.